The van der Waals surface area contributed by atoms with Crippen molar-refractivity contribution in [3.63, 3.8) is 0 Å². The van der Waals surface area contributed by atoms with Crippen molar-refractivity contribution in [2.24, 2.45) is 5.92 Å². The van der Waals surface area contributed by atoms with Crippen molar-refractivity contribution in [3.05, 3.63) is 100 Å². The fourth-order valence-electron chi connectivity index (χ4n) is 4.49. The quantitative estimate of drug-likeness (QED) is 0.240. The second-order valence-electron chi connectivity index (χ2n) is 9.48. The summed E-state index contributed by atoms with van der Waals surface area (Å²) < 4.78 is 87.9. The van der Waals surface area contributed by atoms with E-state index < -0.39 is 35.4 Å². The molecule has 0 saturated carbocycles. The van der Waals surface area contributed by atoms with E-state index in [0.717, 1.165) is 35.4 Å². The van der Waals surface area contributed by atoms with Gasteiger partial charge in [0.15, 0.2) is 0 Å². The maximum atomic E-state index is 13.4. The molecular weight excluding hydrogens is 540 g/mol. The molecule has 1 aliphatic rings. The number of esters is 1. The summed E-state index contributed by atoms with van der Waals surface area (Å²) in [4.78, 5) is 26.9. The third-order valence-electron chi connectivity index (χ3n) is 6.65. The summed E-state index contributed by atoms with van der Waals surface area (Å²) in [5.74, 6) is -1.21. The monoisotopic (exact) mass is 565 g/mol. The zero-order chi connectivity index (χ0) is 29.1. The van der Waals surface area contributed by atoms with Gasteiger partial charge >= 0.3 is 18.3 Å². The van der Waals surface area contributed by atoms with Gasteiger partial charge in [-0.2, -0.15) is 26.3 Å². The number of hydrogen-bond acceptors (Lipinski definition) is 4. The van der Waals surface area contributed by atoms with Crippen molar-refractivity contribution in [3.8, 4) is 5.75 Å². The first-order valence-electron chi connectivity index (χ1n) is 12.3. The summed E-state index contributed by atoms with van der Waals surface area (Å²) in [5, 5.41) is 0. The molecule has 1 unspecified atom stereocenters. The summed E-state index contributed by atoms with van der Waals surface area (Å²) in [7, 11) is 1.22. The highest BCUT2D eigenvalue weighted by atomic mass is 19.4. The van der Waals surface area contributed by atoms with Crippen LogP contribution in [0, 0.1) is 5.92 Å². The van der Waals surface area contributed by atoms with Crippen LogP contribution in [0.4, 0.5) is 26.3 Å². The van der Waals surface area contributed by atoms with Crippen LogP contribution in [0.5, 0.6) is 5.75 Å². The van der Waals surface area contributed by atoms with E-state index >= 15 is 0 Å². The summed E-state index contributed by atoms with van der Waals surface area (Å²) in [6.45, 7) is 0.144. The Hall–Kier alpha value is -4.02. The number of benzene rings is 3. The lowest BCUT2D eigenvalue weighted by molar-refractivity contribution is -0.147. The number of fused-ring (bicyclic) bond motifs is 1. The van der Waals surface area contributed by atoms with Crippen LogP contribution in [0.15, 0.2) is 66.7 Å². The third-order valence-corrected chi connectivity index (χ3v) is 6.65. The van der Waals surface area contributed by atoms with Crippen LogP contribution in [-0.2, 0) is 52.8 Å². The minimum absolute atomic E-state index is 0.0100. The van der Waals surface area contributed by atoms with Gasteiger partial charge in [-0.25, -0.2) is 0 Å². The van der Waals surface area contributed by atoms with Gasteiger partial charge < -0.3 is 14.4 Å². The average Bonchev–Trinajstić information content (AvgIpc) is 3.03. The minimum atomic E-state index is -4.49. The molecule has 1 heterocycles. The standard InChI is InChI=1S/C29H25F6NO4/c1-39-26(37)14-21-12-20-6-11-25(40-17-19-4-9-24(10-5-19)29(33,34)35)13-22(20)16-36(27(21)38)15-18-2-7-23(8-3-18)28(30,31)32/h2-11,13,21H,12,14-17H2,1H3. The zero-order valence-corrected chi connectivity index (χ0v) is 21.3. The summed E-state index contributed by atoms with van der Waals surface area (Å²) in [6.07, 6.45) is -8.85. The number of halogens is 6. The van der Waals surface area contributed by atoms with Gasteiger partial charge in [-0.05, 0) is 65.1 Å². The third kappa shape index (κ3) is 7.13. The van der Waals surface area contributed by atoms with E-state index in [1.165, 1.54) is 36.3 Å². The van der Waals surface area contributed by atoms with E-state index in [2.05, 4.69) is 0 Å². The number of carbonyl (C=O) groups excluding carboxylic acids is 2. The maximum Gasteiger partial charge on any atom is 0.416 e. The Morgan fingerprint density at radius 2 is 1.43 bits per heavy atom. The topological polar surface area (TPSA) is 55.8 Å². The number of carbonyl (C=O) groups is 2. The number of nitrogens with zero attached hydrogens (tertiary/aromatic N) is 1. The van der Waals surface area contributed by atoms with Crippen LogP contribution < -0.4 is 4.74 Å². The molecule has 11 heteroatoms. The molecule has 1 atom stereocenters. The molecule has 0 spiro atoms. The Labute approximate surface area is 226 Å². The van der Waals surface area contributed by atoms with Crippen LogP contribution in [0.2, 0.25) is 0 Å². The van der Waals surface area contributed by atoms with Crippen LogP contribution >= 0.6 is 0 Å². The second kappa shape index (κ2) is 11.6. The minimum Gasteiger partial charge on any atom is -0.489 e. The molecular formula is C29H25F6NO4. The van der Waals surface area contributed by atoms with Crippen LogP contribution in [0.1, 0.15) is 39.8 Å². The van der Waals surface area contributed by atoms with Crippen molar-refractivity contribution in [1.82, 2.24) is 4.90 Å². The molecule has 0 saturated heterocycles. The number of hydrogen-bond donors (Lipinski definition) is 0. The lowest BCUT2D eigenvalue weighted by Crippen LogP contribution is -2.35. The molecule has 0 N–H and O–H groups in total. The number of ether oxygens (including phenoxy) is 2. The summed E-state index contributed by atoms with van der Waals surface area (Å²) in [5.41, 5.74) is 0.955. The van der Waals surface area contributed by atoms with Crippen LogP contribution in [0.3, 0.4) is 0 Å². The van der Waals surface area contributed by atoms with E-state index in [1.807, 2.05) is 0 Å². The van der Waals surface area contributed by atoms with Crippen LogP contribution in [-0.4, -0.2) is 23.9 Å². The molecule has 212 valence electrons. The first kappa shape index (κ1) is 29.0. The highest BCUT2D eigenvalue weighted by Gasteiger charge is 2.33. The molecule has 40 heavy (non-hydrogen) atoms. The summed E-state index contributed by atoms with van der Waals surface area (Å²) in [6, 6.07) is 14.3. The fourth-order valence-corrected chi connectivity index (χ4v) is 4.49. The average molecular weight is 566 g/mol. The van der Waals surface area contributed by atoms with Gasteiger partial charge in [-0.3, -0.25) is 9.59 Å². The molecule has 0 aromatic heterocycles. The van der Waals surface area contributed by atoms with Crippen molar-refractivity contribution < 1.29 is 45.4 Å². The second-order valence-corrected chi connectivity index (χ2v) is 9.48. The van der Waals surface area contributed by atoms with E-state index in [1.54, 1.807) is 18.2 Å². The maximum absolute atomic E-state index is 13.4. The molecule has 1 amide bonds. The Morgan fingerprint density at radius 1 is 0.850 bits per heavy atom. The Morgan fingerprint density at radius 3 is 1.98 bits per heavy atom. The smallest absolute Gasteiger partial charge is 0.416 e. The number of amides is 1. The molecule has 3 aromatic carbocycles. The van der Waals surface area contributed by atoms with E-state index in [-0.39, 0.29) is 38.4 Å². The van der Waals surface area contributed by atoms with Gasteiger partial charge in [0.05, 0.1) is 30.6 Å². The van der Waals surface area contributed by atoms with Crippen molar-refractivity contribution in [2.45, 2.75) is 44.9 Å². The fraction of sp³-hybridized carbons (Fsp3) is 0.310. The number of methoxy groups -OCH3 is 1. The molecule has 0 radical (unpaired) electrons. The van der Waals surface area contributed by atoms with Gasteiger partial charge in [-0.1, -0.05) is 30.3 Å². The predicted molar refractivity (Wildman–Crippen MR) is 132 cm³/mol. The molecule has 0 aliphatic carbocycles. The van der Waals surface area contributed by atoms with Crippen molar-refractivity contribution in [1.29, 1.82) is 0 Å². The van der Waals surface area contributed by atoms with Crippen molar-refractivity contribution in [2.75, 3.05) is 7.11 Å². The van der Waals surface area contributed by atoms with Crippen LogP contribution in [0.25, 0.3) is 0 Å². The molecule has 1 aliphatic heterocycles. The highest BCUT2D eigenvalue weighted by Crippen LogP contribution is 2.32. The number of rotatable bonds is 7. The summed E-state index contributed by atoms with van der Waals surface area (Å²) >= 11 is 0. The number of alkyl halides is 6. The lowest BCUT2D eigenvalue weighted by Gasteiger charge is -2.24. The Bertz CT molecular complexity index is 1350. The first-order chi connectivity index (χ1) is 18.8. The molecule has 0 bridgehead atoms. The van der Waals surface area contributed by atoms with Gasteiger partial charge in [-0.15, -0.1) is 0 Å². The highest BCUT2D eigenvalue weighted by molar-refractivity contribution is 5.84. The SMILES string of the molecule is COC(=O)CC1Cc2ccc(OCc3ccc(C(F)(F)F)cc3)cc2CN(Cc2ccc(C(F)(F)F)cc2)C1=O. The first-order valence-corrected chi connectivity index (χ1v) is 12.3. The van der Waals surface area contributed by atoms with Gasteiger partial charge in [0.1, 0.15) is 12.4 Å². The lowest BCUT2D eigenvalue weighted by atomic mass is 9.94. The van der Waals surface area contributed by atoms with E-state index in [9.17, 15) is 35.9 Å². The molecule has 0 fully saturated rings. The molecule has 4 rings (SSSR count). The Balaban J connectivity index is 1.55. The van der Waals surface area contributed by atoms with Crippen molar-refractivity contribution >= 4 is 11.9 Å². The molecule has 5 nitrogen and oxygen atoms in total. The Kier molecular flexibility index (Phi) is 8.41. The van der Waals surface area contributed by atoms with E-state index in [4.69, 9.17) is 9.47 Å². The van der Waals surface area contributed by atoms with Gasteiger partial charge in [0.25, 0.3) is 0 Å². The normalized spacial score (nSPS) is 15.8. The predicted octanol–water partition coefficient (Wildman–Crippen LogP) is 6.57. The zero-order valence-electron chi connectivity index (χ0n) is 21.3. The van der Waals surface area contributed by atoms with Gasteiger partial charge in [0.2, 0.25) is 5.91 Å². The molecule has 3 aromatic rings. The largest absolute Gasteiger partial charge is 0.489 e. The van der Waals surface area contributed by atoms with E-state index in [0.29, 0.717) is 16.9 Å². The van der Waals surface area contributed by atoms with Gasteiger partial charge in [0, 0.05) is 13.1 Å².